The van der Waals surface area contributed by atoms with E-state index in [1.54, 1.807) is 20.8 Å². The van der Waals surface area contributed by atoms with Gasteiger partial charge < -0.3 is 5.21 Å². The van der Waals surface area contributed by atoms with Gasteiger partial charge in [0.15, 0.2) is 5.78 Å². The van der Waals surface area contributed by atoms with E-state index in [1.807, 2.05) is 0 Å². The van der Waals surface area contributed by atoms with Crippen LogP contribution >= 0.6 is 0 Å². The fourth-order valence-electron chi connectivity index (χ4n) is 0.618. The molecule has 0 amide bonds. The van der Waals surface area contributed by atoms with Crippen molar-refractivity contribution in [2.24, 2.45) is 11.1 Å². The smallest absolute Gasteiger partial charge is 0.187 e. The number of hydrogen-bond acceptors (Lipinski definition) is 3. The molecule has 0 aromatic heterocycles. The number of carbonyl (C=O) groups excluding carboxylic acids is 1. The third kappa shape index (κ3) is 2.53. The number of oxime groups is 1. The van der Waals surface area contributed by atoms with Crippen molar-refractivity contribution in [2.45, 2.75) is 20.8 Å². The highest BCUT2D eigenvalue weighted by Crippen LogP contribution is 2.02. The quantitative estimate of drug-likeness (QED) is 0.382. The van der Waals surface area contributed by atoms with Crippen LogP contribution < -0.4 is 0 Å². The Labute approximate surface area is 66.4 Å². The zero-order chi connectivity index (χ0) is 9.02. The molecule has 0 aliphatic carbocycles. The number of nitrogens with zero attached hydrogens (tertiary/aromatic N) is 1. The van der Waals surface area contributed by atoms with Crippen molar-refractivity contribution >= 4 is 11.5 Å². The van der Waals surface area contributed by atoms with E-state index in [0.717, 1.165) is 0 Å². The molecule has 1 N–H and O–H groups in total. The lowest BCUT2D eigenvalue weighted by Gasteiger charge is -2.04. The fourth-order valence-corrected chi connectivity index (χ4v) is 0.618. The molecular formula is C8H13NO2. The second kappa shape index (κ2) is 3.91. The van der Waals surface area contributed by atoms with E-state index >= 15 is 0 Å². The third-order valence-electron chi connectivity index (χ3n) is 1.26. The van der Waals surface area contributed by atoms with Crippen LogP contribution in [0.25, 0.3) is 0 Å². The summed E-state index contributed by atoms with van der Waals surface area (Å²) in [6, 6.07) is 0. The van der Waals surface area contributed by atoms with Crippen LogP contribution in [0.1, 0.15) is 20.8 Å². The summed E-state index contributed by atoms with van der Waals surface area (Å²) in [4.78, 5) is 11.2. The Morgan fingerprint density at radius 3 is 2.09 bits per heavy atom. The second-order valence-corrected chi connectivity index (χ2v) is 2.75. The number of ketones is 1. The van der Waals surface area contributed by atoms with Crippen molar-refractivity contribution < 1.29 is 10.0 Å². The lowest BCUT2D eigenvalue weighted by molar-refractivity contribution is -0.115. The number of Topliss-reactive ketones (excluding diaryl/α,β-unsaturated/α-hetero) is 1. The molecule has 3 heteroatoms. The molecule has 0 saturated carbocycles. The molecule has 0 bridgehead atoms. The predicted octanol–water partition coefficient (Wildman–Crippen LogP) is 1.62. The van der Waals surface area contributed by atoms with Gasteiger partial charge in [0.1, 0.15) is 5.71 Å². The molecule has 0 aliphatic rings. The summed E-state index contributed by atoms with van der Waals surface area (Å²) in [6.45, 7) is 8.65. The zero-order valence-electron chi connectivity index (χ0n) is 7.09. The molecule has 3 nitrogen and oxygen atoms in total. The van der Waals surface area contributed by atoms with Gasteiger partial charge in [0.2, 0.25) is 0 Å². The minimum Gasteiger partial charge on any atom is -0.410 e. The van der Waals surface area contributed by atoms with Crippen LogP contribution in [0, 0.1) is 5.92 Å². The van der Waals surface area contributed by atoms with Gasteiger partial charge in [-0.2, -0.15) is 0 Å². The number of allylic oxidation sites excluding steroid dienone is 1. The molecule has 0 radical (unpaired) electrons. The predicted molar refractivity (Wildman–Crippen MR) is 43.9 cm³/mol. The molecule has 62 valence electrons. The number of hydrogen-bond donors (Lipinski definition) is 1. The topological polar surface area (TPSA) is 49.7 Å². The van der Waals surface area contributed by atoms with E-state index in [-0.39, 0.29) is 17.4 Å². The van der Waals surface area contributed by atoms with Gasteiger partial charge in [0.05, 0.1) is 0 Å². The first kappa shape index (κ1) is 9.88. The summed E-state index contributed by atoms with van der Waals surface area (Å²) in [5.41, 5.74) is 0.561. The van der Waals surface area contributed by atoms with E-state index in [9.17, 15) is 4.79 Å². The van der Waals surface area contributed by atoms with Crippen molar-refractivity contribution in [3.8, 4) is 0 Å². The highest BCUT2D eigenvalue weighted by molar-refractivity contribution is 6.46. The largest absolute Gasteiger partial charge is 0.410 e. The molecule has 0 heterocycles. The Kier molecular flexibility index (Phi) is 3.51. The van der Waals surface area contributed by atoms with Crippen LogP contribution in [0.3, 0.4) is 0 Å². The van der Waals surface area contributed by atoms with Crippen LogP contribution in [0.4, 0.5) is 0 Å². The molecule has 0 saturated heterocycles. The highest BCUT2D eigenvalue weighted by atomic mass is 16.4. The van der Waals surface area contributed by atoms with E-state index in [1.165, 1.54) is 0 Å². The van der Waals surface area contributed by atoms with Gasteiger partial charge in [0, 0.05) is 5.92 Å². The molecule has 0 atom stereocenters. The maximum Gasteiger partial charge on any atom is 0.187 e. The Morgan fingerprint density at radius 2 is 2.00 bits per heavy atom. The first-order valence-electron chi connectivity index (χ1n) is 3.42. The lowest BCUT2D eigenvalue weighted by Crippen LogP contribution is -2.20. The highest BCUT2D eigenvalue weighted by Gasteiger charge is 2.15. The van der Waals surface area contributed by atoms with E-state index in [4.69, 9.17) is 5.21 Å². The third-order valence-corrected chi connectivity index (χ3v) is 1.26. The van der Waals surface area contributed by atoms with Gasteiger partial charge in [-0.1, -0.05) is 25.6 Å². The van der Waals surface area contributed by atoms with Crippen LogP contribution in [0.2, 0.25) is 0 Å². The Bertz CT molecular complexity index is 204. The molecule has 0 aromatic carbocycles. The minimum absolute atomic E-state index is 0.0694. The lowest BCUT2D eigenvalue weighted by atomic mass is 10.0. The van der Waals surface area contributed by atoms with Crippen molar-refractivity contribution in [3.05, 3.63) is 12.2 Å². The summed E-state index contributed by atoms with van der Waals surface area (Å²) >= 11 is 0. The summed E-state index contributed by atoms with van der Waals surface area (Å²) in [6.07, 6.45) is 0. The first-order chi connectivity index (χ1) is 5.00. The average molecular weight is 155 g/mol. The summed E-state index contributed by atoms with van der Waals surface area (Å²) in [5, 5.41) is 11.3. The minimum atomic E-state index is -0.181. The maximum atomic E-state index is 11.2. The van der Waals surface area contributed by atoms with Crippen molar-refractivity contribution in [1.29, 1.82) is 0 Å². The summed E-state index contributed by atoms with van der Waals surface area (Å²) in [5.74, 6) is -0.336. The van der Waals surface area contributed by atoms with Crippen molar-refractivity contribution in [3.63, 3.8) is 0 Å². The Balaban J connectivity index is 4.55. The number of rotatable bonds is 3. The molecule has 0 rings (SSSR count). The molecule has 0 aromatic rings. The van der Waals surface area contributed by atoms with Crippen LogP contribution in [0.5, 0.6) is 0 Å². The Hall–Kier alpha value is -1.12. The molecule has 0 fully saturated rings. The fraction of sp³-hybridized carbons (Fsp3) is 0.500. The van der Waals surface area contributed by atoms with Crippen LogP contribution in [0.15, 0.2) is 17.3 Å². The van der Waals surface area contributed by atoms with Gasteiger partial charge in [0.25, 0.3) is 0 Å². The first-order valence-corrected chi connectivity index (χ1v) is 3.42. The average Bonchev–Trinajstić information content (AvgIpc) is 1.88. The van der Waals surface area contributed by atoms with E-state index in [0.29, 0.717) is 5.57 Å². The molecule has 0 spiro atoms. The SMILES string of the molecule is C=C(C)/C(=N/O)C(=O)C(C)C. The zero-order valence-corrected chi connectivity index (χ0v) is 7.09. The second-order valence-electron chi connectivity index (χ2n) is 2.75. The van der Waals surface area contributed by atoms with Crippen molar-refractivity contribution in [1.82, 2.24) is 0 Å². The summed E-state index contributed by atoms with van der Waals surface area (Å²) in [7, 11) is 0. The molecule has 11 heavy (non-hydrogen) atoms. The van der Waals surface area contributed by atoms with Crippen LogP contribution in [-0.2, 0) is 4.79 Å². The maximum absolute atomic E-state index is 11.2. The molecule has 0 aliphatic heterocycles. The molecular weight excluding hydrogens is 142 g/mol. The van der Waals surface area contributed by atoms with Gasteiger partial charge >= 0.3 is 0 Å². The van der Waals surface area contributed by atoms with Gasteiger partial charge in [-0.15, -0.1) is 0 Å². The van der Waals surface area contributed by atoms with E-state index in [2.05, 4.69) is 11.7 Å². The monoisotopic (exact) mass is 155 g/mol. The van der Waals surface area contributed by atoms with Crippen molar-refractivity contribution in [2.75, 3.05) is 0 Å². The molecule has 0 unspecified atom stereocenters. The summed E-state index contributed by atoms with van der Waals surface area (Å²) < 4.78 is 0. The van der Waals surface area contributed by atoms with Gasteiger partial charge in [-0.05, 0) is 12.5 Å². The van der Waals surface area contributed by atoms with Gasteiger partial charge in [-0.3, -0.25) is 4.79 Å². The number of carbonyl (C=O) groups is 1. The Morgan fingerprint density at radius 1 is 1.55 bits per heavy atom. The normalized spacial score (nSPS) is 11.8. The van der Waals surface area contributed by atoms with E-state index < -0.39 is 0 Å². The van der Waals surface area contributed by atoms with Crippen LogP contribution in [-0.4, -0.2) is 16.7 Å². The van der Waals surface area contributed by atoms with Gasteiger partial charge in [-0.25, -0.2) is 0 Å². The standard InChI is InChI=1S/C8H13NO2/c1-5(2)7(9-11)8(10)6(3)4/h6,11H,1H2,2-4H3/b9-7-.